The van der Waals surface area contributed by atoms with Crippen LogP contribution in [0.15, 0.2) is 6.07 Å². The second-order valence-corrected chi connectivity index (χ2v) is 5.77. The summed E-state index contributed by atoms with van der Waals surface area (Å²) < 4.78 is 5.36. The summed E-state index contributed by atoms with van der Waals surface area (Å²) in [5.74, 6) is -0.869. The van der Waals surface area contributed by atoms with Crippen LogP contribution in [0.4, 0.5) is 5.00 Å². The van der Waals surface area contributed by atoms with Gasteiger partial charge in [0, 0.05) is 31.1 Å². The minimum Gasteiger partial charge on any atom is -0.478 e. The van der Waals surface area contributed by atoms with E-state index in [9.17, 15) is 4.79 Å². The highest BCUT2D eigenvalue weighted by atomic mass is 32.1. The number of hydrogen-bond donors (Lipinski definition) is 2. The Balaban J connectivity index is 2.17. The summed E-state index contributed by atoms with van der Waals surface area (Å²) in [6.07, 6.45) is 0.868. The molecule has 2 heterocycles. The van der Waals surface area contributed by atoms with Gasteiger partial charge in [-0.2, -0.15) is 0 Å². The van der Waals surface area contributed by atoms with E-state index in [1.807, 2.05) is 6.92 Å². The highest BCUT2D eigenvalue weighted by molar-refractivity contribution is 7.16. The average Bonchev–Trinajstić information content (AvgIpc) is 2.72. The zero-order chi connectivity index (χ0) is 13.3. The first-order chi connectivity index (χ1) is 8.52. The Bertz CT molecular complexity index is 447. The maximum absolute atomic E-state index is 11.0. The molecule has 0 spiro atoms. The summed E-state index contributed by atoms with van der Waals surface area (Å²) in [7, 11) is 1.66. The molecule has 18 heavy (non-hydrogen) atoms. The standard InChI is InChI=1S/C12H18N2O3S/c1-7-8(12(15)16)5-11(18-7)14-4-3-9(13)10(6-14)17-2/h5,9-10H,3-4,6,13H2,1-2H3,(H,15,16). The number of hydrogen-bond acceptors (Lipinski definition) is 5. The molecule has 1 aromatic rings. The Morgan fingerprint density at radius 3 is 2.94 bits per heavy atom. The molecule has 0 bridgehead atoms. The zero-order valence-electron chi connectivity index (χ0n) is 10.5. The van der Waals surface area contributed by atoms with Crippen LogP contribution in [-0.2, 0) is 4.74 Å². The van der Waals surface area contributed by atoms with Gasteiger partial charge < -0.3 is 20.5 Å². The van der Waals surface area contributed by atoms with Crippen molar-refractivity contribution in [2.75, 3.05) is 25.1 Å². The SMILES string of the molecule is COC1CN(c2cc(C(=O)O)c(C)s2)CCC1N. The monoisotopic (exact) mass is 270 g/mol. The Labute approximate surface area is 110 Å². The van der Waals surface area contributed by atoms with E-state index in [0.29, 0.717) is 5.56 Å². The second kappa shape index (κ2) is 5.26. The Kier molecular flexibility index (Phi) is 3.89. The lowest BCUT2D eigenvalue weighted by Gasteiger charge is -2.36. The number of anilines is 1. The molecule has 2 rings (SSSR count). The first-order valence-electron chi connectivity index (χ1n) is 5.90. The third-order valence-corrected chi connectivity index (χ3v) is 4.47. The predicted molar refractivity (Wildman–Crippen MR) is 71.6 cm³/mol. The van der Waals surface area contributed by atoms with Crippen LogP contribution in [0, 0.1) is 6.92 Å². The van der Waals surface area contributed by atoms with Gasteiger partial charge in [-0.3, -0.25) is 0 Å². The molecule has 1 aliphatic rings. The maximum atomic E-state index is 11.0. The van der Waals surface area contributed by atoms with E-state index in [1.165, 1.54) is 11.3 Å². The van der Waals surface area contributed by atoms with Gasteiger partial charge in [0.05, 0.1) is 16.7 Å². The molecule has 1 fully saturated rings. The van der Waals surface area contributed by atoms with Crippen LogP contribution in [0.1, 0.15) is 21.7 Å². The number of carboxylic acids is 1. The quantitative estimate of drug-likeness (QED) is 0.866. The fourth-order valence-corrected chi connectivity index (χ4v) is 3.26. The van der Waals surface area contributed by atoms with Crippen LogP contribution in [0.5, 0.6) is 0 Å². The molecule has 0 aromatic carbocycles. The summed E-state index contributed by atoms with van der Waals surface area (Å²) in [5.41, 5.74) is 6.36. The highest BCUT2D eigenvalue weighted by Crippen LogP contribution is 2.31. The van der Waals surface area contributed by atoms with Crippen LogP contribution >= 0.6 is 11.3 Å². The van der Waals surface area contributed by atoms with Crippen molar-refractivity contribution in [1.29, 1.82) is 0 Å². The number of methoxy groups -OCH3 is 1. The van der Waals surface area contributed by atoms with Crippen LogP contribution < -0.4 is 10.6 Å². The minimum atomic E-state index is -0.869. The normalized spacial score (nSPS) is 24.3. The molecule has 0 amide bonds. The first-order valence-corrected chi connectivity index (χ1v) is 6.71. The lowest BCUT2D eigenvalue weighted by molar-refractivity contribution is 0.0696. The van der Waals surface area contributed by atoms with Crippen molar-refractivity contribution in [1.82, 2.24) is 0 Å². The molecule has 0 saturated carbocycles. The second-order valence-electron chi connectivity index (χ2n) is 4.53. The molecule has 5 nitrogen and oxygen atoms in total. The molecule has 100 valence electrons. The summed E-state index contributed by atoms with van der Waals surface area (Å²) in [6, 6.07) is 1.80. The number of aryl methyl sites for hydroxylation is 1. The summed E-state index contributed by atoms with van der Waals surface area (Å²) >= 11 is 1.51. The third kappa shape index (κ3) is 2.50. The largest absolute Gasteiger partial charge is 0.478 e. The van der Waals surface area contributed by atoms with Crippen LogP contribution in [0.25, 0.3) is 0 Å². The van der Waals surface area contributed by atoms with Gasteiger partial charge in [0.25, 0.3) is 0 Å². The molecule has 1 aromatic heterocycles. The topological polar surface area (TPSA) is 75.8 Å². The Hall–Kier alpha value is -1.11. The fraction of sp³-hybridized carbons (Fsp3) is 0.583. The van der Waals surface area contributed by atoms with Crippen LogP contribution in [0.2, 0.25) is 0 Å². The van der Waals surface area contributed by atoms with Crippen LogP contribution in [-0.4, -0.2) is 43.4 Å². The van der Waals surface area contributed by atoms with Gasteiger partial charge in [-0.25, -0.2) is 4.79 Å². The van der Waals surface area contributed by atoms with Crippen molar-refractivity contribution in [2.45, 2.75) is 25.5 Å². The molecular weight excluding hydrogens is 252 g/mol. The Morgan fingerprint density at radius 1 is 1.67 bits per heavy atom. The molecule has 2 atom stereocenters. The number of nitrogens with zero attached hydrogens (tertiary/aromatic N) is 1. The minimum absolute atomic E-state index is 0.00874. The molecule has 1 saturated heterocycles. The number of rotatable bonds is 3. The maximum Gasteiger partial charge on any atom is 0.336 e. The van der Waals surface area contributed by atoms with E-state index in [1.54, 1.807) is 13.2 Å². The fourth-order valence-electron chi connectivity index (χ4n) is 2.22. The van der Waals surface area contributed by atoms with E-state index in [0.717, 1.165) is 29.4 Å². The molecule has 6 heteroatoms. The van der Waals surface area contributed by atoms with Crippen molar-refractivity contribution in [3.8, 4) is 0 Å². The lowest BCUT2D eigenvalue weighted by atomic mass is 10.0. The summed E-state index contributed by atoms with van der Waals surface area (Å²) in [4.78, 5) is 14.0. The van der Waals surface area contributed by atoms with Gasteiger partial charge in [0.1, 0.15) is 0 Å². The molecule has 0 aliphatic carbocycles. The highest BCUT2D eigenvalue weighted by Gasteiger charge is 2.28. The van der Waals surface area contributed by atoms with Crippen molar-refractivity contribution in [3.63, 3.8) is 0 Å². The number of carboxylic acid groups (broad SMARTS) is 1. The number of nitrogens with two attached hydrogens (primary N) is 1. The van der Waals surface area contributed by atoms with Crippen molar-refractivity contribution in [2.24, 2.45) is 5.73 Å². The van der Waals surface area contributed by atoms with E-state index in [2.05, 4.69) is 4.90 Å². The zero-order valence-corrected chi connectivity index (χ0v) is 11.4. The van der Waals surface area contributed by atoms with Crippen molar-refractivity contribution < 1.29 is 14.6 Å². The molecule has 1 aliphatic heterocycles. The summed E-state index contributed by atoms with van der Waals surface area (Å²) in [5, 5.41) is 10.0. The van der Waals surface area contributed by atoms with Gasteiger partial charge in [-0.1, -0.05) is 0 Å². The number of aromatic carboxylic acids is 1. The number of carbonyl (C=O) groups is 1. The molecule has 0 radical (unpaired) electrons. The molecular formula is C12H18N2O3S. The lowest BCUT2D eigenvalue weighted by Crippen LogP contribution is -2.51. The van der Waals surface area contributed by atoms with E-state index < -0.39 is 5.97 Å². The smallest absolute Gasteiger partial charge is 0.336 e. The number of thiophene rings is 1. The predicted octanol–water partition coefficient (Wildman–Crippen LogP) is 1.31. The van der Waals surface area contributed by atoms with Gasteiger partial charge in [-0.15, -0.1) is 11.3 Å². The molecule has 3 N–H and O–H groups in total. The Morgan fingerprint density at radius 2 is 2.39 bits per heavy atom. The third-order valence-electron chi connectivity index (χ3n) is 3.36. The van der Waals surface area contributed by atoms with Gasteiger partial charge in [0.15, 0.2) is 0 Å². The van der Waals surface area contributed by atoms with E-state index >= 15 is 0 Å². The van der Waals surface area contributed by atoms with Crippen molar-refractivity contribution in [3.05, 3.63) is 16.5 Å². The van der Waals surface area contributed by atoms with E-state index in [4.69, 9.17) is 15.6 Å². The average molecular weight is 270 g/mol. The first kappa shape index (κ1) is 13.3. The summed E-state index contributed by atoms with van der Waals surface area (Å²) in [6.45, 7) is 3.40. The van der Waals surface area contributed by atoms with Gasteiger partial charge >= 0.3 is 5.97 Å². The van der Waals surface area contributed by atoms with Crippen molar-refractivity contribution >= 4 is 22.3 Å². The van der Waals surface area contributed by atoms with Gasteiger partial charge in [0.2, 0.25) is 0 Å². The van der Waals surface area contributed by atoms with Crippen LogP contribution in [0.3, 0.4) is 0 Å². The molecule has 2 unspecified atom stereocenters. The van der Waals surface area contributed by atoms with Gasteiger partial charge in [-0.05, 0) is 19.4 Å². The number of piperidine rings is 1. The van der Waals surface area contributed by atoms with E-state index in [-0.39, 0.29) is 12.1 Å². The number of ether oxygens (including phenoxy) is 1.